The predicted octanol–water partition coefficient (Wildman–Crippen LogP) is 3.48. The molecule has 1 atom stereocenters. The number of amides is 1. The van der Waals surface area contributed by atoms with Crippen LogP contribution in [-0.2, 0) is 4.79 Å². The van der Waals surface area contributed by atoms with Gasteiger partial charge in [0.2, 0.25) is 11.7 Å². The van der Waals surface area contributed by atoms with Gasteiger partial charge in [0, 0.05) is 23.9 Å². The fourth-order valence-electron chi connectivity index (χ4n) is 2.71. The Kier molecular flexibility index (Phi) is 7.01. The van der Waals surface area contributed by atoms with Crippen LogP contribution in [0.4, 0.5) is 10.1 Å². The van der Waals surface area contributed by atoms with Crippen molar-refractivity contribution >= 4 is 11.6 Å². The van der Waals surface area contributed by atoms with Crippen LogP contribution < -0.4 is 19.5 Å². The van der Waals surface area contributed by atoms with Gasteiger partial charge in [-0.15, -0.1) is 0 Å². The molecule has 0 fully saturated rings. The zero-order valence-electron chi connectivity index (χ0n) is 16.2. The van der Waals surface area contributed by atoms with E-state index in [1.165, 1.54) is 33.5 Å². The van der Waals surface area contributed by atoms with E-state index in [9.17, 15) is 9.18 Å². The van der Waals surface area contributed by atoms with Crippen LogP contribution in [0.15, 0.2) is 36.4 Å². The van der Waals surface area contributed by atoms with Crippen molar-refractivity contribution in [3.8, 4) is 17.2 Å². The molecule has 0 heterocycles. The molecule has 6 nitrogen and oxygen atoms in total. The quantitative estimate of drug-likeness (QED) is 0.764. The van der Waals surface area contributed by atoms with Gasteiger partial charge in [-0.3, -0.25) is 9.69 Å². The summed E-state index contributed by atoms with van der Waals surface area (Å²) >= 11 is 0. The smallest absolute Gasteiger partial charge is 0.238 e. The third kappa shape index (κ3) is 5.10. The van der Waals surface area contributed by atoms with Crippen LogP contribution >= 0.6 is 0 Å². The van der Waals surface area contributed by atoms with Crippen molar-refractivity contribution in [3.63, 3.8) is 0 Å². The second-order valence-corrected chi connectivity index (χ2v) is 6.10. The van der Waals surface area contributed by atoms with Crippen LogP contribution in [0.2, 0.25) is 0 Å². The largest absolute Gasteiger partial charge is 0.493 e. The first kappa shape index (κ1) is 20.5. The summed E-state index contributed by atoms with van der Waals surface area (Å²) in [6.07, 6.45) is 0. The van der Waals surface area contributed by atoms with Crippen molar-refractivity contribution < 1.29 is 23.4 Å². The molecule has 0 aliphatic heterocycles. The van der Waals surface area contributed by atoms with E-state index in [0.717, 1.165) is 5.56 Å². The van der Waals surface area contributed by atoms with Crippen molar-refractivity contribution in [2.24, 2.45) is 0 Å². The van der Waals surface area contributed by atoms with Gasteiger partial charge in [0.25, 0.3) is 0 Å². The molecule has 0 bridgehead atoms. The number of nitrogens with one attached hydrogen (secondary N) is 1. The zero-order chi connectivity index (χ0) is 20.0. The maximum absolute atomic E-state index is 13.1. The Morgan fingerprint density at radius 3 is 2.11 bits per heavy atom. The topological polar surface area (TPSA) is 60.0 Å². The molecular weight excluding hydrogens is 351 g/mol. The molecule has 0 spiro atoms. The molecule has 0 saturated carbocycles. The summed E-state index contributed by atoms with van der Waals surface area (Å²) < 4.78 is 28.9. The number of benzene rings is 2. The normalized spacial score (nSPS) is 11.8. The molecule has 0 aliphatic rings. The fraction of sp³-hybridized carbons (Fsp3) is 0.350. The Labute approximate surface area is 158 Å². The van der Waals surface area contributed by atoms with Crippen molar-refractivity contribution in [3.05, 3.63) is 47.8 Å². The minimum Gasteiger partial charge on any atom is -0.493 e. The first-order chi connectivity index (χ1) is 12.9. The van der Waals surface area contributed by atoms with E-state index in [2.05, 4.69) is 5.32 Å². The van der Waals surface area contributed by atoms with Crippen LogP contribution in [0.3, 0.4) is 0 Å². The first-order valence-electron chi connectivity index (χ1n) is 8.45. The van der Waals surface area contributed by atoms with Crippen molar-refractivity contribution in [2.45, 2.75) is 13.0 Å². The molecule has 2 aromatic carbocycles. The Balaban J connectivity index is 2.07. The number of nitrogens with zero attached hydrogens (tertiary/aromatic N) is 1. The Hall–Kier alpha value is -2.80. The third-order valence-corrected chi connectivity index (χ3v) is 4.36. The van der Waals surface area contributed by atoms with Gasteiger partial charge in [-0.1, -0.05) is 12.1 Å². The number of halogens is 1. The number of methoxy groups -OCH3 is 3. The van der Waals surface area contributed by atoms with Crippen LogP contribution in [0.5, 0.6) is 17.2 Å². The minimum absolute atomic E-state index is 0.0451. The summed E-state index contributed by atoms with van der Waals surface area (Å²) in [4.78, 5) is 14.3. The maximum atomic E-state index is 13.1. The number of anilines is 1. The lowest BCUT2D eigenvalue weighted by Crippen LogP contribution is -2.32. The van der Waals surface area contributed by atoms with E-state index < -0.39 is 0 Å². The second kappa shape index (κ2) is 9.23. The Morgan fingerprint density at radius 2 is 1.63 bits per heavy atom. The summed E-state index contributed by atoms with van der Waals surface area (Å²) in [6.45, 7) is 2.12. The maximum Gasteiger partial charge on any atom is 0.238 e. The van der Waals surface area contributed by atoms with Gasteiger partial charge in [0.15, 0.2) is 11.5 Å². The number of carbonyl (C=O) groups excluding carboxylic acids is 1. The molecule has 0 aromatic heterocycles. The molecule has 2 aromatic rings. The van der Waals surface area contributed by atoms with Crippen LogP contribution in [0, 0.1) is 5.82 Å². The average molecular weight is 376 g/mol. The molecule has 0 radical (unpaired) electrons. The van der Waals surface area contributed by atoms with Crippen molar-refractivity contribution in [2.75, 3.05) is 40.2 Å². The number of ether oxygens (including phenoxy) is 3. The highest BCUT2D eigenvalue weighted by Gasteiger charge is 2.17. The number of rotatable bonds is 8. The van der Waals surface area contributed by atoms with E-state index in [1.54, 1.807) is 24.3 Å². The lowest BCUT2D eigenvalue weighted by molar-refractivity contribution is -0.117. The zero-order valence-corrected chi connectivity index (χ0v) is 16.2. The molecule has 1 amide bonds. The van der Waals surface area contributed by atoms with Gasteiger partial charge in [-0.05, 0) is 31.7 Å². The van der Waals surface area contributed by atoms with Gasteiger partial charge in [-0.25, -0.2) is 4.39 Å². The van der Waals surface area contributed by atoms with Crippen LogP contribution in [0.1, 0.15) is 18.5 Å². The lowest BCUT2D eigenvalue weighted by Gasteiger charge is -2.24. The summed E-state index contributed by atoms with van der Waals surface area (Å²) in [5.74, 6) is 0.898. The Morgan fingerprint density at radius 1 is 1.07 bits per heavy atom. The van der Waals surface area contributed by atoms with Crippen molar-refractivity contribution in [1.29, 1.82) is 0 Å². The molecule has 2 rings (SSSR count). The fourth-order valence-corrected chi connectivity index (χ4v) is 2.71. The highest BCUT2D eigenvalue weighted by Crippen LogP contribution is 2.39. The van der Waals surface area contributed by atoms with E-state index in [1.807, 2.05) is 18.9 Å². The molecule has 146 valence electrons. The van der Waals surface area contributed by atoms with Gasteiger partial charge in [0.05, 0.1) is 27.9 Å². The first-order valence-corrected chi connectivity index (χ1v) is 8.45. The Bertz CT molecular complexity index is 755. The predicted molar refractivity (Wildman–Crippen MR) is 102 cm³/mol. The number of likely N-dealkylation sites (N-methyl/N-ethyl adjacent to an activating group) is 1. The van der Waals surface area contributed by atoms with E-state index in [-0.39, 0.29) is 24.3 Å². The summed E-state index contributed by atoms with van der Waals surface area (Å²) in [6, 6.07) is 9.55. The molecule has 0 aliphatic carbocycles. The highest BCUT2D eigenvalue weighted by molar-refractivity contribution is 5.93. The SMILES string of the molecule is COc1cc(NC(=O)CN(C)C(C)c2ccc(F)cc2)cc(OC)c1OC. The summed E-state index contributed by atoms with van der Waals surface area (Å²) in [5.41, 5.74) is 1.47. The van der Waals surface area contributed by atoms with Gasteiger partial charge < -0.3 is 19.5 Å². The van der Waals surface area contributed by atoms with Gasteiger partial charge in [0.1, 0.15) is 5.82 Å². The standard InChI is InChI=1S/C20H25FN2O4/c1-13(14-6-8-15(21)9-7-14)23(2)12-19(24)22-16-10-17(25-3)20(27-5)18(11-16)26-4/h6-11,13H,12H2,1-5H3,(H,22,24). The van der Waals surface area contributed by atoms with Gasteiger partial charge in [-0.2, -0.15) is 0 Å². The highest BCUT2D eigenvalue weighted by atomic mass is 19.1. The van der Waals surface area contributed by atoms with E-state index >= 15 is 0 Å². The monoisotopic (exact) mass is 376 g/mol. The van der Waals surface area contributed by atoms with Crippen LogP contribution in [-0.4, -0.2) is 45.7 Å². The lowest BCUT2D eigenvalue weighted by atomic mass is 10.1. The molecule has 1 unspecified atom stereocenters. The molecule has 1 N–H and O–H groups in total. The molecule has 7 heteroatoms. The van der Waals surface area contributed by atoms with E-state index in [0.29, 0.717) is 22.9 Å². The summed E-state index contributed by atoms with van der Waals surface area (Å²) in [7, 11) is 6.38. The number of hydrogen-bond acceptors (Lipinski definition) is 5. The third-order valence-electron chi connectivity index (χ3n) is 4.36. The second-order valence-electron chi connectivity index (χ2n) is 6.10. The minimum atomic E-state index is -0.284. The molecular formula is C20H25FN2O4. The van der Waals surface area contributed by atoms with Crippen LogP contribution in [0.25, 0.3) is 0 Å². The number of hydrogen-bond donors (Lipinski definition) is 1. The van der Waals surface area contributed by atoms with Gasteiger partial charge >= 0.3 is 0 Å². The number of carbonyl (C=O) groups is 1. The molecule has 0 saturated heterocycles. The van der Waals surface area contributed by atoms with Crippen molar-refractivity contribution in [1.82, 2.24) is 4.90 Å². The van der Waals surface area contributed by atoms with E-state index in [4.69, 9.17) is 14.2 Å². The summed E-state index contributed by atoms with van der Waals surface area (Å²) in [5, 5.41) is 2.83. The molecule has 27 heavy (non-hydrogen) atoms. The average Bonchev–Trinajstić information content (AvgIpc) is 2.66.